The summed E-state index contributed by atoms with van der Waals surface area (Å²) >= 11 is 0. The lowest BCUT2D eigenvalue weighted by Crippen LogP contribution is -2.52. The molecule has 16 heteroatoms. The molecule has 3 aromatic rings. The molecule has 6 heterocycles. The number of piperidine rings is 2. The molecule has 1 N–H and O–H groups in total. The van der Waals surface area contributed by atoms with E-state index in [4.69, 9.17) is 9.47 Å². The fourth-order valence-electron chi connectivity index (χ4n) is 8.68. The zero-order valence-electron chi connectivity index (χ0n) is 32.2. The molecule has 0 radical (unpaired) electrons. The second-order valence-electron chi connectivity index (χ2n) is 16.4. The van der Waals surface area contributed by atoms with E-state index in [-0.39, 0.29) is 73.4 Å². The first-order chi connectivity index (χ1) is 27.6. The van der Waals surface area contributed by atoms with Crippen molar-refractivity contribution in [2.24, 2.45) is 17.8 Å². The van der Waals surface area contributed by atoms with Crippen molar-refractivity contribution < 1.29 is 37.0 Å². The number of carbonyl (C=O) groups is 3. The van der Waals surface area contributed by atoms with Crippen LogP contribution < -0.4 is 10.1 Å². The van der Waals surface area contributed by atoms with Crippen LogP contribution >= 0.6 is 0 Å². The molecule has 1 aromatic carbocycles. The zero-order valence-corrected chi connectivity index (χ0v) is 32.2. The maximum Gasteiger partial charge on any atom is 0.416 e. The van der Waals surface area contributed by atoms with Crippen LogP contribution in [0, 0.1) is 17.8 Å². The maximum atomic E-state index is 14.5. The minimum Gasteiger partial charge on any atom is -0.478 e. The van der Waals surface area contributed by atoms with Gasteiger partial charge in [-0.3, -0.25) is 19.1 Å². The van der Waals surface area contributed by atoms with Crippen molar-refractivity contribution in [1.82, 2.24) is 40.0 Å². The van der Waals surface area contributed by atoms with Gasteiger partial charge in [0.2, 0.25) is 17.7 Å². The van der Waals surface area contributed by atoms with E-state index in [1.54, 1.807) is 23.1 Å². The van der Waals surface area contributed by atoms with E-state index in [0.29, 0.717) is 49.7 Å². The van der Waals surface area contributed by atoms with E-state index in [0.717, 1.165) is 51.2 Å². The fraction of sp³-hybridized carbons (Fsp3) is 0.610. The number of benzene rings is 1. The van der Waals surface area contributed by atoms with E-state index in [1.165, 1.54) is 30.2 Å². The molecule has 57 heavy (non-hydrogen) atoms. The van der Waals surface area contributed by atoms with Crippen molar-refractivity contribution in [3.8, 4) is 17.1 Å². The second kappa shape index (κ2) is 17.1. The van der Waals surface area contributed by atoms with Crippen LogP contribution in [0.25, 0.3) is 11.3 Å². The Morgan fingerprint density at radius 2 is 1.79 bits per heavy atom. The number of ether oxygens (including phenoxy) is 2. The van der Waals surface area contributed by atoms with Crippen LogP contribution in [0.3, 0.4) is 0 Å². The Morgan fingerprint density at radius 3 is 2.60 bits per heavy atom. The van der Waals surface area contributed by atoms with Crippen molar-refractivity contribution in [3.63, 3.8) is 0 Å². The van der Waals surface area contributed by atoms with E-state index in [9.17, 15) is 27.6 Å². The molecule has 1 unspecified atom stereocenters. The highest BCUT2D eigenvalue weighted by Crippen LogP contribution is 2.36. The number of fused-ring (bicyclic) bond motifs is 8. The van der Waals surface area contributed by atoms with Crippen LogP contribution in [0.4, 0.5) is 13.2 Å². The zero-order chi connectivity index (χ0) is 39.5. The highest BCUT2D eigenvalue weighted by Gasteiger charge is 2.44. The van der Waals surface area contributed by atoms with Crippen LogP contribution in [-0.2, 0) is 33.7 Å². The van der Waals surface area contributed by atoms with Gasteiger partial charge in [-0.25, -0.2) is 4.98 Å². The Balaban J connectivity index is 1.03. The topological polar surface area (TPSA) is 135 Å². The first kappa shape index (κ1) is 39.3. The average Bonchev–Trinajstić information content (AvgIpc) is 3.77. The monoisotopic (exact) mass is 792 g/mol. The number of amides is 3. The summed E-state index contributed by atoms with van der Waals surface area (Å²) in [5.41, 5.74) is 0.266. The standard InChI is InChI=1S/C41H51F3N8O5/c42-41(43,44)32-19-35-29-5-4-6-30(17-29)39(54)52-25-34(57-26-33-24-51(48-47-33)15-14-49-11-2-1-3-12-49)21-36(52)40(55)50-13-9-28(18-37(53)45-22-27-7-8-27)31(23-50)10-16-56-38(20-32)46-35/h4-6,17,19-20,24,27-28,31,34,36H,1-3,7-16,18,21-23,25-26H2,(H,45,53)/t28?,31-,34+,36-/m0/s1. The van der Waals surface area contributed by atoms with Crippen LogP contribution in [0.5, 0.6) is 5.88 Å². The summed E-state index contributed by atoms with van der Waals surface area (Å²) < 4.78 is 56.4. The number of likely N-dealkylation sites (tertiary alicyclic amines) is 1. The van der Waals surface area contributed by atoms with E-state index in [1.807, 2.05) is 10.9 Å². The Bertz CT molecular complexity index is 1910. The lowest BCUT2D eigenvalue weighted by Gasteiger charge is -2.40. The largest absolute Gasteiger partial charge is 0.478 e. The summed E-state index contributed by atoms with van der Waals surface area (Å²) in [5.74, 6) is -0.553. The molecule has 4 fully saturated rings. The van der Waals surface area contributed by atoms with Gasteiger partial charge in [0.25, 0.3) is 5.91 Å². The third kappa shape index (κ3) is 9.77. The first-order valence-electron chi connectivity index (χ1n) is 20.5. The number of rotatable bonds is 10. The number of hydrogen-bond acceptors (Lipinski definition) is 9. The lowest BCUT2D eigenvalue weighted by atomic mass is 9.81. The van der Waals surface area contributed by atoms with Gasteiger partial charge >= 0.3 is 6.18 Å². The number of nitrogens with zero attached hydrogens (tertiary/aromatic N) is 7. The Hall–Kier alpha value is -4.57. The average molecular weight is 793 g/mol. The predicted octanol–water partition coefficient (Wildman–Crippen LogP) is 4.81. The summed E-state index contributed by atoms with van der Waals surface area (Å²) in [6, 6.07) is 7.30. The highest BCUT2D eigenvalue weighted by molar-refractivity contribution is 5.99. The summed E-state index contributed by atoms with van der Waals surface area (Å²) in [5, 5.41) is 11.6. The number of alkyl halides is 3. The Labute approximate surface area is 330 Å². The Morgan fingerprint density at radius 1 is 0.965 bits per heavy atom. The third-order valence-electron chi connectivity index (χ3n) is 12.2. The van der Waals surface area contributed by atoms with Gasteiger partial charge < -0.3 is 29.5 Å². The molecular weight excluding hydrogens is 741 g/mol. The lowest BCUT2D eigenvalue weighted by molar-refractivity contribution is -0.139. The smallest absolute Gasteiger partial charge is 0.416 e. The van der Waals surface area contributed by atoms with Gasteiger partial charge in [0.05, 0.1) is 43.3 Å². The fourth-order valence-corrected chi connectivity index (χ4v) is 8.68. The van der Waals surface area contributed by atoms with Crippen LogP contribution in [-0.4, -0.2) is 117 Å². The van der Waals surface area contributed by atoms with Crippen LogP contribution in [0.2, 0.25) is 0 Å². The predicted molar refractivity (Wildman–Crippen MR) is 202 cm³/mol. The second-order valence-corrected chi connectivity index (χ2v) is 16.4. The Kier molecular flexibility index (Phi) is 11.8. The van der Waals surface area contributed by atoms with Gasteiger partial charge in [0.15, 0.2) is 0 Å². The van der Waals surface area contributed by atoms with Gasteiger partial charge in [-0.05, 0) is 87.6 Å². The molecule has 3 saturated heterocycles. The molecule has 13 nitrogen and oxygen atoms in total. The molecule has 4 atom stereocenters. The van der Waals surface area contributed by atoms with Gasteiger partial charge in [-0.1, -0.05) is 23.8 Å². The summed E-state index contributed by atoms with van der Waals surface area (Å²) in [7, 11) is 0. The normalized spacial score (nSPS) is 24.6. The van der Waals surface area contributed by atoms with E-state index >= 15 is 0 Å². The van der Waals surface area contributed by atoms with Crippen molar-refractivity contribution in [2.75, 3.05) is 52.4 Å². The van der Waals surface area contributed by atoms with Gasteiger partial charge in [-0.15, -0.1) is 5.10 Å². The molecular formula is C41H51F3N8O5. The molecule has 0 spiro atoms. The van der Waals surface area contributed by atoms with Crippen molar-refractivity contribution in [3.05, 3.63) is 59.4 Å². The molecule has 8 rings (SSSR count). The minimum absolute atomic E-state index is 0.00912. The molecule has 5 aliphatic rings. The summed E-state index contributed by atoms with van der Waals surface area (Å²) in [6.07, 6.45) is 4.18. The van der Waals surface area contributed by atoms with Gasteiger partial charge in [-0.2, -0.15) is 13.2 Å². The van der Waals surface area contributed by atoms with Gasteiger partial charge in [0, 0.05) is 62.8 Å². The van der Waals surface area contributed by atoms with Gasteiger partial charge in [0.1, 0.15) is 11.7 Å². The van der Waals surface area contributed by atoms with E-state index in [2.05, 4.69) is 25.5 Å². The summed E-state index contributed by atoms with van der Waals surface area (Å²) in [4.78, 5) is 52.1. The molecule has 6 bridgehead atoms. The number of nitrogens with one attached hydrogen (secondary N) is 1. The highest BCUT2D eigenvalue weighted by atomic mass is 19.4. The van der Waals surface area contributed by atoms with Crippen molar-refractivity contribution in [1.29, 1.82) is 0 Å². The molecule has 306 valence electrons. The summed E-state index contributed by atoms with van der Waals surface area (Å²) in [6.45, 7) is 5.56. The number of pyridine rings is 1. The maximum absolute atomic E-state index is 14.5. The van der Waals surface area contributed by atoms with Crippen molar-refractivity contribution in [2.45, 2.75) is 89.3 Å². The SMILES string of the molecule is O=C(CC1CCN2C[C@@H]1CCOc1cc(C(F)(F)F)cc(n1)-c1cccc(c1)C(=O)N1C[C@H](OCc3cn(CCN4CCCCC4)nn3)C[C@H]1C2=O)NCC1CC1. The molecule has 2 aromatic heterocycles. The number of halogens is 3. The van der Waals surface area contributed by atoms with Crippen molar-refractivity contribution >= 4 is 17.7 Å². The third-order valence-corrected chi connectivity index (χ3v) is 12.2. The molecule has 3 amide bonds. The number of aromatic nitrogens is 4. The van der Waals surface area contributed by atoms with Crippen LogP contribution in [0.1, 0.15) is 79.4 Å². The quantitative estimate of drug-likeness (QED) is 0.307. The van der Waals surface area contributed by atoms with E-state index < -0.39 is 29.8 Å². The molecule has 1 saturated carbocycles. The molecule has 4 aliphatic heterocycles. The number of carbonyl (C=O) groups excluding carboxylic acids is 3. The first-order valence-corrected chi connectivity index (χ1v) is 20.5. The minimum atomic E-state index is -4.66. The molecule has 1 aliphatic carbocycles. The van der Waals surface area contributed by atoms with Crippen LogP contribution in [0.15, 0.2) is 42.6 Å². The number of hydrogen-bond donors (Lipinski definition) is 1.